The van der Waals surface area contributed by atoms with Crippen molar-refractivity contribution < 1.29 is 9.18 Å². The molecular weight excluding hydrogens is 275 g/mol. The van der Waals surface area contributed by atoms with Crippen LogP contribution in [0.2, 0.25) is 0 Å². The molecule has 1 fully saturated rings. The second-order valence-corrected chi connectivity index (χ2v) is 4.76. The minimum atomic E-state index is -0.507. The third-order valence-electron chi connectivity index (χ3n) is 2.69. The van der Waals surface area contributed by atoms with Gasteiger partial charge in [0.2, 0.25) is 0 Å². The number of hydrogen-bond donors (Lipinski definition) is 1. The summed E-state index contributed by atoms with van der Waals surface area (Å²) in [6, 6.07) is 4.73. The molecule has 2 rings (SSSR count). The Hall–Kier alpha value is -0.940. The predicted octanol–water partition coefficient (Wildman–Crippen LogP) is 1.76. The summed E-state index contributed by atoms with van der Waals surface area (Å²) in [5.74, 6) is -0.792. The highest BCUT2D eigenvalue weighted by atomic mass is 79.9. The van der Waals surface area contributed by atoms with Gasteiger partial charge in [0, 0.05) is 19.1 Å². The molecule has 1 aromatic rings. The van der Waals surface area contributed by atoms with Crippen molar-refractivity contribution in [1.82, 2.24) is 4.90 Å². The maximum Gasteiger partial charge on any atom is 0.256 e. The van der Waals surface area contributed by atoms with Crippen molar-refractivity contribution in [2.45, 2.75) is 12.5 Å². The Labute approximate surface area is 102 Å². The summed E-state index contributed by atoms with van der Waals surface area (Å²) in [7, 11) is 0. The summed E-state index contributed by atoms with van der Waals surface area (Å²) < 4.78 is 14.0. The van der Waals surface area contributed by atoms with Crippen molar-refractivity contribution in [3.05, 3.63) is 34.1 Å². The molecule has 3 nitrogen and oxygen atoms in total. The fourth-order valence-electron chi connectivity index (χ4n) is 1.81. The van der Waals surface area contributed by atoms with Gasteiger partial charge in [-0.05, 0) is 34.5 Å². The molecule has 2 N–H and O–H groups in total. The van der Waals surface area contributed by atoms with Crippen LogP contribution in [0.3, 0.4) is 0 Å². The van der Waals surface area contributed by atoms with Gasteiger partial charge in [0.15, 0.2) is 0 Å². The average molecular weight is 287 g/mol. The second kappa shape index (κ2) is 4.51. The summed E-state index contributed by atoms with van der Waals surface area (Å²) in [5, 5.41) is 0. The van der Waals surface area contributed by atoms with Gasteiger partial charge < -0.3 is 10.6 Å². The molecule has 1 aromatic carbocycles. The van der Waals surface area contributed by atoms with Crippen molar-refractivity contribution in [2.24, 2.45) is 5.73 Å². The van der Waals surface area contributed by atoms with Gasteiger partial charge in [0.25, 0.3) is 5.91 Å². The molecule has 1 atom stereocenters. The Morgan fingerprint density at radius 2 is 2.31 bits per heavy atom. The average Bonchev–Trinajstić information content (AvgIpc) is 2.68. The van der Waals surface area contributed by atoms with Gasteiger partial charge in [-0.1, -0.05) is 6.07 Å². The van der Waals surface area contributed by atoms with E-state index in [0.717, 1.165) is 6.42 Å². The number of halogens is 2. The minimum absolute atomic E-state index is 0.0131. The molecule has 1 saturated heterocycles. The van der Waals surface area contributed by atoms with Crippen LogP contribution in [0, 0.1) is 5.82 Å². The number of carbonyl (C=O) groups is 1. The van der Waals surface area contributed by atoms with Gasteiger partial charge in [-0.15, -0.1) is 0 Å². The fourth-order valence-corrected chi connectivity index (χ4v) is 2.18. The highest BCUT2D eigenvalue weighted by molar-refractivity contribution is 9.10. The van der Waals surface area contributed by atoms with Crippen LogP contribution < -0.4 is 5.73 Å². The van der Waals surface area contributed by atoms with Crippen LogP contribution in [0.5, 0.6) is 0 Å². The van der Waals surface area contributed by atoms with E-state index in [1.807, 2.05) is 0 Å². The number of rotatable bonds is 1. The van der Waals surface area contributed by atoms with Crippen LogP contribution >= 0.6 is 15.9 Å². The van der Waals surface area contributed by atoms with Crippen LogP contribution in [0.4, 0.5) is 4.39 Å². The Morgan fingerprint density at radius 1 is 1.56 bits per heavy atom. The Kier molecular flexibility index (Phi) is 3.25. The van der Waals surface area contributed by atoms with E-state index in [1.54, 1.807) is 17.0 Å². The number of likely N-dealkylation sites (tertiary alicyclic amines) is 1. The normalized spacial score (nSPS) is 20.2. The lowest BCUT2D eigenvalue weighted by atomic mass is 10.2. The topological polar surface area (TPSA) is 46.3 Å². The van der Waals surface area contributed by atoms with Crippen LogP contribution in [-0.4, -0.2) is 29.9 Å². The molecule has 0 aromatic heterocycles. The highest BCUT2D eigenvalue weighted by Gasteiger charge is 2.26. The summed E-state index contributed by atoms with van der Waals surface area (Å²) in [5.41, 5.74) is 5.81. The quantitative estimate of drug-likeness (QED) is 0.855. The maximum atomic E-state index is 13.7. The number of benzene rings is 1. The molecule has 1 aliphatic rings. The van der Waals surface area contributed by atoms with Gasteiger partial charge in [0.1, 0.15) is 5.82 Å². The Balaban J connectivity index is 2.24. The van der Waals surface area contributed by atoms with E-state index in [-0.39, 0.29) is 17.5 Å². The highest BCUT2D eigenvalue weighted by Crippen LogP contribution is 2.21. The van der Waals surface area contributed by atoms with E-state index in [1.165, 1.54) is 6.07 Å². The summed E-state index contributed by atoms with van der Waals surface area (Å²) in [6.07, 6.45) is 0.779. The molecule has 86 valence electrons. The van der Waals surface area contributed by atoms with Gasteiger partial charge >= 0.3 is 0 Å². The largest absolute Gasteiger partial charge is 0.337 e. The van der Waals surface area contributed by atoms with E-state index in [2.05, 4.69) is 15.9 Å². The zero-order chi connectivity index (χ0) is 11.7. The van der Waals surface area contributed by atoms with E-state index in [4.69, 9.17) is 5.73 Å². The monoisotopic (exact) mass is 286 g/mol. The molecule has 1 amide bonds. The lowest BCUT2D eigenvalue weighted by molar-refractivity contribution is 0.0786. The first kappa shape index (κ1) is 11.5. The smallest absolute Gasteiger partial charge is 0.256 e. The number of nitrogens with two attached hydrogens (primary N) is 1. The van der Waals surface area contributed by atoms with Crippen molar-refractivity contribution in [3.63, 3.8) is 0 Å². The van der Waals surface area contributed by atoms with Crippen LogP contribution in [0.1, 0.15) is 16.8 Å². The van der Waals surface area contributed by atoms with Crippen molar-refractivity contribution in [3.8, 4) is 0 Å². The first-order valence-corrected chi connectivity index (χ1v) is 5.87. The summed E-state index contributed by atoms with van der Waals surface area (Å²) in [6.45, 7) is 1.11. The molecule has 5 heteroatoms. The summed E-state index contributed by atoms with van der Waals surface area (Å²) >= 11 is 3.06. The molecule has 0 unspecified atom stereocenters. The third kappa shape index (κ3) is 2.10. The van der Waals surface area contributed by atoms with Crippen LogP contribution in [0.15, 0.2) is 22.7 Å². The van der Waals surface area contributed by atoms with Crippen LogP contribution in [-0.2, 0) is 0 Å². The molecule has 16 heavy (non-hydrogen) atoms. The van der Waals surface area contributed by atoms with E-state index >= 15 is 0 Å². The van der Waals surface area contributed by atoms with Gasteiger partial charge in [-0.2, -0.15) is 0 Å². The lowest BCUT2D eigenvalue weighted by Gasteiger charge is -2.16. The lowest BCUT2D eigenvalue weighted by Crippen LogP contribution is -2.32. The van der Waals surface area contributed by atoms with Gasteiger partial charge in [-0.25, -0.2) is 4.39 Å². The van der Waals surface area contributed by atoms with Crippen molar-refractivity contribution in [2.75, 3.05) is 13.1 Å². The van der Waals surface area contributed by atoms with E-state index in [0.29, 0.717) is 17.6 Å². The van der Waals surface area contributed by atoms with Crippen molar-refractivity contribution >= 4 is 21.8 Å². The fraction of sp³-hybridized carbons (Fsp3) is 0.364. The first-order chi connectivity index (χ1) is 7.59. The molecule has 0 bridgehead atoms. The molecular formula is C11H12BrFN2O. The van der Waals surface area contributed by atoms with Gasteiger partial charge in [-0.3, -0.25) is 4.79 Å². The second-order valence-electron chi connectivity index (χ2n) is 3.90. The third-order valence-corrected chi connectivity index (χ3v) is 3.31. The Morgan fingerprint density at radius 3 is 2.94 bits per heavy atom. The zero-order valence-corrected chi connectivity index (χ0v) is 10.2. The predicted molar refractivity (Wildman–Crippen MR) is 62.6 cm³/mol. The number of hydrogen-bond acceptors (Lipinski definition) is 2. The molecule has 0 radical (unpaired) electrons. The molecule has 0 saturated carbocycles. The number of amides is 1. The standard InChI is InChI=1S/C11H12BrFN2O/c12-9-3-1-2-8(10(9)13)11(16)15-5-4-7(14)6-15/h1-3,7H,4-6,14H2/t7-/m0/s1. The zero-order valence-electron chi connectivity index (χ0n) is 8.62. The Bertz CT molecular complexity index is 424. The molecule has 1 aliphatic heterocycles. The molecule has 0 aliphatic carbocycles. The van der Waals surface area contributed by atoms with E-state index in [9.17, 15) is 9.18 Å². The summed E-state index contributed by atoms with van der Waals surface area (Å²) in [4.78, 5) is 13.6. The number of carbonyl (C=O) groups excluding carboxylic acids is 1. The molecule has 1 heterocycles. The van der Waals surface area contributed by atoms with Crippen LogP contribution in [0.25, 0.3) is 0 Å². The minimum Gasteiger partial charge on any atom is -0.337 e. The SMILES string of the molecule is N[C@H]1CCN(C(=O)c2cccc(Br)c2F)C1. The van der Waals surface area contributed by atoms with E-state index < -0.39 is 5.82 Å². The van der Waals surface area contributed by atoms with Gasteiger partial charge in [0.05, 0.1) is 10.0 Å². The van der Waals surface area contributed by atoms with Crippen molar-refractivity contribution in [1.29, 1.82) is 0 Å². The molecule has 0 spiro atoms. The maximum absolute atomic E-state index is 13.7. The first-order valence-electron chi connectivity index (χ1n) is 5.08. The number of nitrogens with zero attached hydrogens (tertiary/aromatic N) is 1.